The van der Waals surface area contributed by atoms with Crippen molar-refractivity contribution in [1.82, 2.24) is 0 Å². The summed E-state index contributed by atoms with van der Waals surface area (Å²) >= 11 is 1.91. The standard InChI is InChI=1S/C19H32OS/c1-7-15-8-13(2)9-19(6,11-15)21-17-14(3)10-18(4,5)12-16(17)20/h13,15H,7-12H2,1-6H3. The van der Waals surface area contributed by atoms with Crippen molar-refractivity contribution in [1.29, 1.82) is 0 Å². The number of carbonyl (C=O) groups excluding carboxylic acids is 1. The van der Waals surface area contributed by atoms with Crippen LogP contribution in [0.25, 0.3) is 0 Å². The monoisotopic (exact) mass is 308 g/mol. The highest BCUT2D eigenvalue weighted by atomic mass is 32.2. The Morgan fingerprint density at radius 2 is 1.86 bits per heavy atom. The predicted octanol–water partition coefficient (Wildman–Crippen LogP) is 5.99. The lowest BCUT2D eigenvalue weighted by Gasteiger charge is -2.42. The number of hydrogen-bond donors (Lipinski definition) is 0. The summed E-state index contributed by atoms with van der Waals surface area (Å²) in [6, 6.07) is 0. The molecule has 2 rings (SSSR count). The molecule has 0 aromatic rings. The third kappa shape index (κ3) is 4.15. The Morgan fingerprint density at radius 1 is 1.19 bits per heavy atom. The van der Waals surface area contributed by atoms with Crippen LogP contribution in [-0.4, -0.2) is 10.5 Å². The maximum absolute atomic E-state index is 12.6. The SMILES string of the molecule is CCC1CC(C)CC(C)(SC2=C(C)CC(C)(C)CC2=O)C1. The quantitative estimate of drug-likeness (QED) is 0.637. The molecule has 2 aliphatic rings. The summed E-state index contributed by atoms with van der Waals surface area (Å²) < 4.78 is 0.256. The molecule has 0 heterocycles. The maximum Gasteiger partial charge on any atom is 0.169 e. The molecule has 1 saturated carbocycles. The largest absolute Gasteiger partial charge is 0.294 e. The average molecular weight is 309 g/mol. The van der Waals surface area contributed by atoms with Crippen LogP contribution in [0.5, 0.6) is 0 Å². The molecule has 3 atom stereocenters. The first-order valence-corrected chi connectivity index (χ1v) is 9.38. The van der Waals surface area contributed by atoms with E-state index in [4.69, 9.17) is 0 Å². The molecule has 0 aromatic heterocycles. The number of thioether (sulfide) groups is 1. The first-order valence-electron chi connectivity index (χ1n) is 8.56. The average Bonchev–Trinajstić information content (AvgIpc) is 2.31. The van der Waals surface area contributed by atoms with Crippen LogP contribution < -0.4 is 0 Å². The number of hydrogen-bond acceptors (Lipinski definition) is 2. The molecule has 0 saturated heterocycles. The highest BCUT2D eigenvalue weighted by Gasteiger charge is 2.40. The van der Waals surface area contributed by atoms with Gasteiger partial charge in [0.2, 0.25) is 0 Å². The molecule has 3 unspecified atom stereocenters. The fourth-order valence-electron chi connectivity index (χ4n) is 4.57. The van der Waals surface area contributed by atoms with E-state index in [2.05, 4.69) is 41.5 Å². The Morgan fingerprint density at radius 3 is 2.43 bits per heavy atom. The molecule has 0 aliphatic heterocycles. The molecular weight excluding hydrogens is 276 g/mol. The fraction of sp³-hybridized carbons (Fsp3) is 0.842. The molecular formula is C19H32OS. The van der Waals surface area contributed by atoms with Gasteiger partial charge in [0.25, 0.3) is 0 Å². The third-order valence-corrected chi connectivity index (χ3v) is 6.79. The smallest absolute Gasteiger partial charge is 0.169 e. The van der Waals surface area contributed by atoms with E-state index in [9.17, 15) is 4.79 Å². The van der Waals surface area contributed by atoms with Crippen LogP contribution in [0.15, 0.2) is 10.5 Å². The Kier molecular flexibility index (Phi) is 4.97. The Hall–Kier alpha value is -0.240. The molecule has 1 fully saturated rings. The van der Waals surface area contributed by atoms with Crippen molar-refractivity contribution in [2.24, 2.45) is 17.3 Å². The fourth-order valence-corrected chi connectivity index (χ4v) is 6.18. The van der Waals surface area contributed by atoms with Gasteiger partial charge in [0.15, 0.2) is 5.78 Å². The first-order chi connectivity index (χ1) is 9.64. The molecule has 0 bridgehead atoms. The van der Waals surface area contributed by atoms with Gasteiger partial charge in [-0.3, -0.25) is 4.79 Å². The normalized spacial score (nSPS) is 37.0. The molecule has 0 amide bonds. The highest BCUT2D eigenvalue weighted by molar-refractivity contribution is 8.05. The third-order valence-electron chi connectivity index (χ3n) is 5.19. The second kappa shape index (κ2) is 6.10. The summed E-state index contributed by atoms with van der Waals surface area (Å²) in [5.41, 5.74) is 1.48. The van der Waals surface area contributed by atoms with E-state index in [1.54, 1.807) is 0 Å². The van der Waals surface area contributed by atoms with Crippen molar-refractivity contribution in [2.75, 3.05) is 0 Å². The molecule has 2 aliphatic carbocycles. The van der Waals surface area contributed by atoms with Gasteiger partial charge in [-0.05, 0) is 49.9 Å². The highest BCUT2D eigenvalue weighted by Crippen LogP contribution is 2.51. The minimum absolute atomic E-state index is 0.151. The van der Waals surface area contributed by atoms with E-state index >= 15 is 0 Å². The van der Waals surface area contributed by atoms with Gasteiger partial charge >= 0.3 is 0 Å². The van der Waals surface area contributed by atoms with Gasteiger partial charge in [-0.15, -0.1) is 11.8 Å². The number of rotatable bonds is 3. The zero-order valence-electron chi connectivity index (χ0n) is 14.7. The first kappa shape index (κ1) is 17.1. The molecule has 1 nitrogen and oxygen atoms in total. The van der Waals surface area contributed by atoms with Gasteiger partial charge in [-0.1, -0.05) is 46.6 Å². The van der Waals surface area contributed by atoms with E-state index in [1.165, 1.54) is 31.3 Å². The summed E-state index contributed by atoms with van der Waals surface area (Å²) in [6.45, 7) is 13.7. The molecule has 0 radical (unpaired) electrons. The minimum Gasteiger partial charge on any atom is -0.294 e. The van der Waals surface area contributed by atoms with Crippen LogP contribution >= 0.6 is 11.8 Å². The van der Waals surface area contributed by atoms with Crippen molar-refractivity contribution < 1.29 is 4.79 Å². The number of ketones is 1. The Balaban J connectivity index is 2.18. The molecule has 2 heteroatoms. The zero-order chi connectivity index (χ0) is 15.8. The molecule has 0 spiro atoms. The van der Waals surface area contributed by atoms with Crippen LogP contribution in [0.1, 0.15) is 80.1 Å². The van der Waals surface area contributed by atoms with Crippen molar-refractivity contribution >= 4 is 17.5 Å². The van der Waals surface area contributed by atoms with E-state index in [-0.39, 0.29) is 10.2 Å². The van der Waals surface area contributed by atoms with Crippen molar-refractivity contribution in [3.8, 4) is 0 Å². The van der Waals surface area contributed by atoms with Crippen LogP contribution in [0.3, 0.4) is 0 Å². The number of carbonyl (C=O) groups is 1. The van der Waals surface area contributed by atoms with Gasteiger partial charge in [-0.25, -0.2) is 0 Å². The van der Waals surface area contributed by atoms with E-state index in [1.807, 2.05) is 11.8 Å². The number of allylic oxidation sites excluding steroid dienone is 2. The second-order valence-corrected chi connectivity index (χ2v) is 10.2. The van der Waals surface area contributed by atoms with Gasteiger partial charge in [0, 0.05) is 16.1 Å². The lowest BCUT2D eigenvalue weighted by molar-refractivity contribution is -0.117. The topological polar surface area (TPSA) is 17.1 Å². The van der Waals surface area contributed by atoms with Crippen molar-refractivity contribution in [3.05, 3.63) is 10.5 Å². The summed E-state index contributed by atoms with van der Waals surface area (Å²) in [7, 11) is 0. The van der Waals surface area contributed by atoms with Crippen LogP contribution in [-0.2, 0) is 4.79 Å². The maximum atomic E-state index is 12.6. The summed E-state index contributed by atoms with van der Waals surface area (Å²) in [5.74, 6) is 2.01. The zero-order valence-corrected chi connectivity index (χ0v) is 15.5. The van der Waals surface area contributed by atoms with Crippen LogP contribution in [0.4, 0.5) is 0 Å². The van der Waals surface area contributed by atoms with E-state index in [0.717, 1.165) is 29.6 Å². The van der Waals surface area contributed by atoms with Gasteiger partial charge in [0.05, 0.1) is 0 Å². The van der Waals surface area contributed by atoms with Crippen molar-refractivity contribution in [2.45, 2.75) is 84.8 Å². The molecule has 0 aromatic carbocycles. The molecule has 120 valence electrons. The number of Topliss-reactive ketones (excluding diaryl/α,β-unsaturated/α-hetero) is 1. The molecule has 21 heavy (non-hydrogen) atoms. The molecule has 0 N–H and O–H groups in total. The van der Waals surface area contributed by atoms with Crippen LogP contribution in [0.2, 0.25) is 0 Å². The van der Waals surface area contributed by atoms with Crippen molar-refractivity contribution in [3.63, 3.8) is 0 Å². The van der Waals surface area contributed by atoms with E-state index in [0.29, 0.717) is 5.78 Å². The van der Waals surface area contributed by atoms with Gasteiger partial charge in [0.1, 0.15) is 0 Å². The summed E-state index contributed by atoms with van der Waals surface area (Å²) in [4.78, 5) is 13.7. The van der Waals surface area contributed by atoms with Crippen LogP contribution in [0, 0.1) is 17.3 Å². The second-order valence-electron chi connectivity index (χ2n) is 8.63. The lowest BCUT2D eigenvalue weighted by atomic mass is 9.75. The summed E-state index contributed by atoms with van der Waals surface area (Å²) in [6.07, 6.45) is 6.96. The Bertz CT molecular complexity index is 448. The minimum atomic E-state index is 0.151. The van der Waals surface area contributed by atoms with E-state index < -0.39 is 0 Å². The Labute approximate surface area is 135 Å². The summed E-state index contributed by atoms with van der Waals surface area (Å²) in [5, 5.41) is 0. The van der Waals surface area contributed by atoms with Gasteiger partial charge in [-0.2, -0.15) is 0 Å². The lowest BCUT2D eigenvalue weighted by Crippen LogP contribution is -2.34. The predicted molar refractivity (Wildman–Crippen MR) is 93.5 cm³/mol. The van der Waals surface area contributed by atoms with Gasteiger partial charge < -0.3 is 0 Å².